The Balaban J connectivity index is 1.77. The van der Waals surface area contributed by atoms with Crippen LogP contribution in [0, 0.1) is 11.7 Å². The Labute approximate surface area is 202 Å². The van der Waals surface area contributed by atoms with Crippen LogP contribution in [0.5, 0.6) is 0 Å². The number of methoxy groups -OCH3 is 1. The molecule has 9 heteroatoms. The summed E-state index contributed by atoms with van der Waals surface area (Å²) in [6, 6.07) is 8.30. The van der Waals surface area contributed by atoms with Gasteiger partial charge in [-0.3, -0.25) is 9.59 Å². The number of carbonyl (C=O) groups is 2. The van der Waals surface area contributed by atoms with E-state index < -0.39 is 42.0 Å². The minimum atomic E-state index is -1.37. The second kappa shape index (κ2) is 9.62. The molecule has 2 N–H and O–H groups in total. The Kier molecular flexibility index (Phi) is 6.96. The van der Waals surface area contributed by atoms with Crippen LogP contribution in [0.15, 0.2) is 36.4 Å². The number of nitrogens with zero attached hydrogens (tertiary/aromatic N) is 1. The second-order valence-corrected chi connectivity index (χ2v) is 9.36. The molecule has 2 aliphatic rings. The van der Waals surface area contributed by atoms with Gasteiger partial charge in [-0.05, 0) is 61.1 Å². The van der Waals surface area contributed by atoms with Gasteiger partial charge in [0.2, 0.25) is 0 Å². The van der Waals surface area contributed by atoms with Gasteiger partial charge in [0.25, 0.3) is 5.91 Å². The van der Waals surface area contributed by atoms with Gasteiger partial charge in [0, 0.05) is 30.9 Å². The highest BCUT2D eigenvalue weighted by atomic mass is 35.5. The molecule has 2 aromatic carbocycles. The van der Waals surface area contributed by atoms with Crippen LogP contribution in [0.25, 0.3) is 0 Å². The maximum atomic E-state index is 15.5. The highest BCUT2D eigenvalue weighted by Crippen LogP contribution is 2.45. The maximum absolute atomic E-state index is 15.5. The fourth-order valence-corrected chi connectivity index (χ4v) is 5.11. The largest absolute Gasteiger partial charge is 0.481 e. The summed E-state index contributed by atoms with van der Waals surface area (Å²) in [6.45, 7) is 2.63. The monoisotopic (exact) mass is 491 g/mol. The molecule has 2 heterocycles. The number of aliphatic hydroxyl groups is 1. The molecule has 0 aromatic heterocycles. The third-order valence-corrected chi connectivity index (χ3v) is 7.13. The first kappa shape index (κ1) is 24.6. The van der Waals surface area contributed by atoms with Gasteiger partial charge in [-0.2, -0.15) is 0 Å². The van der Waals surface area contributed by atoms with Gasteiger partial charge in [-0.1, -0.05) is 23.7 Å². The molecule has 0 radical (unpaired) electrons. The molecule has 2 aliphatic heterocycles. The van der Waals surface area contributed by atoms with Gasteiger partial charge in [0.15, 0.2) is 6.23 Å². The predicted molar refractivity (Wildman–Crippen MR) is 122 cm³/mol. The molecule has 4 rings (SSSR count). The summed E-state index contributed by atoms with van der Waals surface area (Å²) in [5, 5.41) is 21.3. The predicted octanol–water partition coefficient (Wildman–Crippen LogP) is 4.43. The zero-order valence-electron chi connectivity index (χ0n) is 19.0. The first-order valence-electron chi connectivity index (χ1n) is 11.1. The summed E-state index contributed by atoms with van der Waals surface area (Å²) in [4.78, 5) is 26.5. The molecule has 1 saturated heterocycles. The Bertz CT molecular complexity index is 1080. The second-order valence-electron chi connectivity index (χ2n) is 8.92. The van der Waals surface area contributed by atoms with Crippen LogP contribution in [0.2, 0.25) is 5.02 Å². The maximum Gasteiger partial charge on any atom is 0.305 e. The number of amides is 1. The Morgan fingerprint density at radius 3 is 2.53 bits per heavy atom. The molecule has 1 amide bonds. The number of halogens is 2. The summed E-state index contributed by atoms with van der Waals surface area (Å²) in [6.07, 6.45) is -0.298. The lowest BCUT2D eigenvalue weighted by Crippen LogP contribution is -2.36. The van der Waals surface area contributed by atoms with E-state index in [4.69, 9.17) is 21.1 Å². The Morgan fingerprint density at radius 2 is 1.94 bits per heavy atom. The summed E-state index contributed by atoms with van der Waals surface area (Å²) >= 11 is 5.98. The third-order valence-electron chi connectivity index (χ3n) is 6.88. The third kappa shape index (κ3) is 4.43. The summed E-state index contributed by atoms with van der Waals surface area (Å²) in [7, 11) is 1.34. The number of carboxylic acids is 1. The Hall–Kier alpha value is -2.52. The van der Waals surface area contributed by atoms with Crippen molar-refractivity contribution in [2.24, 2.45) is 5.92 Å². The van der Waals surface area contributed by atoms with E-state index in [2.05, 4.69) is 0 Å². The average Bonchev–Trinajstić information content (AvgIpc) is 3.10. The van der Waals surface area contributed by atoms with Crippen LogP contribution < -0.4 is 0 Å². The fraction of sp³-hybridized carbons (Fsp3) is 0.440. The van der Waals surface area contributed by atoms with Gasteiger partial charge < -0.3 is 24.6 Å². The van der Waals surface area contributed by atoms with Crippen molar-refractivity contribution in [2.45, 2.75) is 44.1 Å². The minimum absolute atomic E-state index is 0.0309. The number of hydrogen-bond donors (Lipinski definition) is 2. The van der Waals surface area contributed by atoms with E-state index in [1.54, 1.807) is 31.2 Å². The van der Waals surface area contributed by atoms with Crippen LogP contribution in [0.3, 0.4) is 0 Å². The number of ether oxygens (including phenoxy) is 2. The lowest BCUT2D eigenvalue weighted by atomic mass is 9.78. The number of benzene rings is 2. The number of hydrogen-bond acceptors (Lipinski definition) is 5. The molecule has 182 valence electrons. The SMILES string of the molecule is COC1c2c(F)cc(C(C)(O)C3CCOCC3)cc2C(=O)N1C(CC(=O)O)c1ccc(Cl)cc1. The van der Waals surface area contributed by atoms with Gasteiger partial charge in [0.1, 0.15) is 5.82 Å². The molecule has 34 heavy (non-hydrogen) atoms. The van der Waals surface area contributed by atoms with Crippen molar-refractivity contribution in [2.75, 3.05) is 20.3 Å². The van der Waals surface area contributed by atoms with Crippen molar-refractivity contribution in [3.05, 3.63) is 69.5 Å². The first-order valence-corrected chi connectivity index (χ1v) is 11.5. The first-order chi connectivity index (χ1) is 16.1. The van der Waals surface area contributed by atoms with Crippen LogP contribution in [0.1, 0.15) is 65.5 Å². The van der Waals surface area contributed by atoms with Gasteiger partial charge >= 0.3 is 5.97 Å². The molecular formula is C25H27ClFNO6. The molecule has 1 fully saturated rings. The lowest BCUT2D eigenvalue weighted by molar-refractivity contribution is -0.139. The van der Waals surface area contributed by atoms with E-state index in [-0.39, 0.29) is 17.0 Å². The van der Waals surface area contributed by atoms with Crippen molar-refractivity contribution in [3.63, 3.8) is 0 Å². The van der Waals surface area contributed by atoms with Gasteiger partial charge in [0.05, 0.1) is 23.6 Å². The zero-order valence-corrected chi connectivity index (χ0v) is 19.7. The van der Waals surface area contributed by atoms with Gasteiger partial charge in [-0.15, -0.1) is 0 Å². The van der Waals surface area contributed by atoms with E-state index in [9.17, 15) is 19.8 Å². The minimum Gasteiger partial charge on any atom is -0.481 e. The van der Waals surface area contributed by atoms with Crippen molar-refractivity contribution in [1.82, 2.24) is 4.90 Å². The molecule has 0 spiro atoms. The molecule has 2 aromatic rings. The van der Waals surface area contributed by atoms with Crippen molar-refractivity contribution >= 4 is 23.5 Å². The Morgan fingerprint density at radius 1 is 1.29 bits per heavy atom. The molecule has 0 aliphatic carbocycles. The van der Waals surface area contributed by atoms with E-state index in [1.165, 1.54) is 24.1 Å². The highest BCUT2D eigenvalue weighted by Gasteiger charge is 2.46. The highest BCUT2D eigenvalue weighted by molar-refractivity contribution is 6.30. The quantitative estimate of drug-likeness (QED) is 0.595. The normalized spacial score (nSPS) is 21.3. The van der Waals surface area contributed by atoms with Crippen LogP contribution in [-0.4, -0.2) is 47.3 Å². The molecule has 0 saturated carbocycles. The van der Waals surface area contributed by atoms with E-state index >= 15 is 4.39 Å². The van der Waals surface area contributed by atoms with E-state index in [0.29, 0.717) is 42.2 Å². The molecular weight excluding hydrogens is 465 g/mol. The summed E-state index contributed by atoms with van der Waals surface area (Å²) in [5.41, 5.74) is -0.458. The summed E-state index contributed by atoms with van der Waals surface area (Å²) < 4.78 is 26.4. The molecule has 3 unspecified atom stereocenters. The fourth-order valence-electron chi connectivity index (χ4n) is 4.98. The van der Waals surface area contributed by atoms with Crippen LogP contribution in [-0.2, 0) is 19.9 Å². The zero-order chi connectivity index (χ0) is 24.6. The average molecular weight is 492 g/mol. The number of rotatable bonds is 7. The van der Waals surface area contributed by atoms with Crippen molar-refractivity contribution in [1.29, 1.82) is 0 Å². The number of aliphatic carboxylic acids is 1. The molecule has 0 bridgehead atoms. The number of carboxylic acid groups (broad SMARTS) is 1. The van der Waals surface area contributed by atoms with Crippen LogP contribution in [0.4, 0.5) is 4.39 Å². The number of fused-ring (bicyclic) bond motifs is 1. The lowest BCUT2D eigenvalue weighted by Gasteiger charge is -2.36. The summed E-state index contributed by atoms with van der Waals surface area (Å²) in [5.74, 6) is -2.53. The smallest absolute Gasteiger partial charge is 0.305 e. The molecule has 3 atom stereocenters. The van der Waals surface area contributed by atoms with E-state index in [0.717, 1.165) is 0 Å². The standard InChI is InChI=1S/C25H27ClFNO6/c1-25(32,15-7-9-34-10-8-15)16-11-18-22(19(27)12-16)24(33-2)28(23(18)31)20(13-21(29)30)14-3-5-17(26)6-4-14/h3-6,11-12,15,20,24,32H,7-10,13H2,1-2H3,(H,29,30). The topological polar surface area (TPSA) is 96.3 Å². The number of carbonyl (C=O) groups excluding carboxylic acids is 1. The van der Waals surface area contributed by atoms with Crippen molar-refractivity contribution < 1.29 is 33.7 Å². The van der Waals surface area contributed by atoms with Gasteiger partial charge in [-0.25, -0.2) is 4.39 Å². The van der Waals surface area contributed by atoms with Crippen molar-refractivity contribution in [3.8, 4) is 0 Å². The van der Waals surface area contributed by atoms with Crippen LogP contribution >= 0.6 is 11.6 Å². The van der Waals surface area contributed by atoms with E-state index in [1.807, 2.05) is 0 Å². The molecule has 7 nitrogen and oxygen atoms in total.